The van der Waals surface area contributed by atoms with Gasteiger partial charge in [-0.1, -0.05) is 36.4 Å². The number of nitrogens with zero attached hydrogens (tertiary/aromatic N) is 2. The molecule has 0 bridgehead atoms. The van der Waals surface area contributed by atoms with Crippen molar-refractivity contribution >= 4 is 23.3 Å². The average Bonchev–Trinajstić information content (AvgIpc) is 2.68. The molecule has 3 amide bonds. The van der Waals surface area contributed by atoms with Gasteiger partial charge in [-0.15, -0.1) is 0 Å². The molecule has 0 spiro atoms. The van der Waals surface area contributed by atoms with Crippen molar-refractivity contribution in [3.05, 3.63) is 60.7 Å². The molecule has 1 aliphatic rings. The number of piperazine rings is 1. The largest absolute Gasteiger partial charge is 0.326 e. The van der Waals surface area contributed by atoms with Gasteiger partial charge in [-0.3, -0.25) is 9.69 Å². The number of carbonyl (C=O) groups is 2. The molecule has 0 aliphatic carbocycles. The predicted octanol–water partition coefficient (Wildman–Crippen LogP) is 2.86. The fourth-order valence-corrected chi connectivity index (χ4v) is 2.90. The Morgan fingerprint density at radius 1 is 0.769 bits per heavy atom. The number of nitrogens with one attached hydrogen (secondary N) is 2. The Bertz CT molecular complexity index is 713. The van der Waals surface area contributed by atoms with Crippen molar-refractivity contribution in [2.75, 3.05) is 43.4 Å². The summed E-state index contributed by atoms with van der Waals surface area (Å²) in [7, 11) is 0. The fraction of sp³-hybridized carbons (Fsp3) is 0.300. The zero-order valence-corrected chi connectivity index (χ0v) is 14.7. The van der Waals surface area contributed by atoms with E-state index < -0.39 is 0 Å². The summed E-state index contributed by atoms with van der Waals surface area (Å²) >= 11 is 0. The van der Waals surface area contributed by atoms with Crippen molar-refractivity contribution in [1.82, 2.24) is 9.80 Å². The van der Waals surface area contributed by atoms with E-state index in [-0.39, 0.29) is 11.9 Å². The first kappa shape index (κ1) is 17.9. The van der Waals surface area contributed by atoms with Crippen LogP contribution in [0.15, 0.2) is 60.7 Å². The Morgan fingerprint density at radius 2 is 1.31 bits per heavy atom. The van der Waals surface area contributed by atoms with Crippen LogP contribution in [-0.2, 0) is 4.79 Å². The lowest BCUT2D eigenvalue weighted by atomic mass is 10.2. The van der Waals surface area contributed by atoms with Gasteiger partial charge in [0.2, 0.25) is 5.91 Å². The molecule has 26 heavy (non-hydrogen) atoms. The number of urea groups is 1. The molecule has 0 unspecified atom stereocenters. The lowest BCUT2D eigenvalue weighted by Gasteiger charge is -2.34. The smallest absolute Gasteiger partial charge is 0.321 e. The summed E-state index contributed by atoms with van der Waals surface area (Å²) in [6, 6.07) is 18.9. The molecular weight excluding hydrogens is 328 g/mol. The minimum atomic E-state index is -0.0716. The summed E-state index contributed by atoms with van der Waals surface area (Å²) in [5.74, 6) is 0.0143. The van der Waals surface area contributed by atoms with Crippen LogP contribution in [-0.4, -0.2) is 54.5 Å². The van der Waals surface area contributed by atoms with Crippen molar-refractivity contribution in [3.8, 4) is 0 Å². The highest BCUT2D eigenvalue weighted by molar-refractivity contribution is 5.91. The van der Waals surface area contributed by atoms with Gasteiger partial charge in [0.15, 0.2) is 0 Å². The van der Waals surface area contributed by atoms with Crippen LogP contribution in [0.5, 0.6) is 0 Å². The van der Waals surface area contributed by atoms with Crippen LogP contribution in [0, 0.1) is 0 Å². The van der Waals surface area contributed by atoms with Crippen LogP contribution in [0.2, 0.25) is 0 Å². The number of rotatable bonds is 5. The molecule has 1 heterocycles. The third kappa shape index (κ3) is 5.32. The predicted molar refractivity (Wildman–Crippen MR) is 103 cm³/mol. The van der Waals surface area contributed by atoms with E-state index in [4.69, 9.17) is 0 Å². The van der Waals surface area contributed by atoms with Gasteiger partial charge in [0.1, 0.15) is 0 Å². The first-order chi connectivity index (χ1) is 12.7. The first-order valence-corrected chi connectivity index (χ1v) is 8.89. The van der Waals surface area contributed by atoms with Crippen LogP contribution < -0.4 is 10.6 Å². The monoisotopic (exact) mass is 352 g/mol. The molecule has 1 aliphatic heterocycles. The Balaban J connectivity index is 1.37. The number of hydrogen-bond acceptors (Lipinski definition) is 3. The molecule has 3 rings (SSSR count). The summed E-state index contributed by atoms with van der Waals surface area (Å²) in [6.07, 6.45) is 0.450. The normalized spacial score (nSPS) is 14.7. The van der Waals surface area contributed by atoms with E-state index in [1.807, 2.05) is 65.6 Å². The molecule has 6 nitrogen and oxygen atoms in total. The number of carbonyl (C=O) groups excluding carboxylic acids is 2. The molecule has 2 aromatic carbocycles. The lowest BCUT2D eigenvalue weighted by Crippen LogP contribution is -2.50. The molecule has 0 atom stereocenters. The van der Waals surface area contributed by atoms with Gasteiger partial charge in [0.05, 0.1) is 0 Å². The Morgan fingerprint density at radius 3 is 1.88 bits per heavy atom. The van der Waals surface area contributed by atoms with Gasteiger partial charge in [0.25, 0.3) is 0 Å². The fourth-order valence-electron chi connectivity index (χ4n) is 2.90. The zero-order valence-electron chi connectivity index (χ0n) is 14.7. The van der Waals surface area contributed by atoms with Gasteiger partial charge < -0.3 is 15.5 Å². The zero-order chi connectivity index (χ0) is 18.2. The number of hydrogen-bond donors (Lipinski definition) is 2. The van der Waals surface area contributed by atoms with Crippen LogP contribution in [0.4, 0.5) is 16.2 Å². The number of para-hydroxylation sites is 2. The van der Waals surface area contributed by atoms with Crippen LogP contribution in [0.1, 0.15) is 6.42 Å². The molecular formula is C20H24N4O2. The molecule has 2 aromatic rings. The van der Waals surface area contributed by atoms with Crippen molar-refractivity contribution in [1.29, 1.82) is 0 Å². The molecule has 0 radical (unpaired) electrons. The van der Waals surface area contributed by atoms with Gasteiger partial charge in [-0.2, -0.15) is 0 Å². The summed E-state index contributed by atoms with van der Waals surface area (Å²) < 4.78 is 0. The molecule has 136 valence electrons. The van der Waals surface area contributed by atoms with Gasteiger partial charge in [0, 0.05) is 50.5 Å². The highest BCUT2D eigenvalue weighted by Crippen LogP contribution is 2.10. The molecule has 0 saturated carbocycles. The van der Waals surface area contributed by atoms with Crippen molar-refractivity contribution in [3.63, 3.8) is 0 Å². The highest BCUT2D eigenvalue weighted by atomic mass is 16.2. The lowest BCUT2D eigenvalue weighted by molar-refractivity contribution is -0.116. The molecule has 1 saturated heterocycles. The van der Waals surface area contributed by atoms with Crippen LogP contribution in [0.3, 0.4) is 0 Å². The standard InChI is InChI=1S/C20H24N4O2/c25-19(21-17-7-3-1-4-8-17)11-12-23-13-15-24(16-14-23)20(26)22-18-9-5-2-6-10-18/h1-10H,11-16H2,(H,21,25)(H,22,26). The third-order valence-electron chi connectivity index (χ3n) is 4.40. The van der Waals surface area contributed by atoms with E-state index in [2.05, 4.69) is 15.5 Å². The Hall–Kier alpha value is -2.86. The average molecular weight is 352 g/mol. The second-order valence-corrected chi connectivity index (χ2v) is 6.29. The number of benzene rings is 2. The minimum Gasteiger partial charge on any atom is -0.326 e. The van der Waals surface area contributed by atoms with E-state index in [1.54, 1.807) is 0 Å². The van der Waals surface area contributed by atoms with Gasteiger partial charge in [-0.25, -0.2) is 4.79 Å². The van der Waals surface area contributed by atoms with Gasteiger partial charge in [-0.05, 0) is 24.3 Å². The minimum absolute atomic E-state index is 0.0143. The van der Waals surface area contributed by atoms with E-state index in [0.717, 1.165) is 24.5 Å². The maximum atomic E-state index is 12.3. The second kappa shape index (κ2) is 9.01. The molecule has 0 aromatic heterocycles. The van der Waals surface area contributed by atoms with Crippen molar-refractivity contribution in [2.24, 2.45) is 0 Å². The van der Waals surface area contributed by atoms with E-state index in [0.29, 0.717) is 26.1 Å². The summed E-state index contributed by atoms with van der Waals surface area (Å²) in [4.78, 5) is 28.3. The number of anilines is 2. The van der Waals surface area contributed by atoms with Crippen molar-refractivity contribution in [2.45, 2.75) is 6.42 Å². The summed E-state index contributed by atoms with van der Waals surface area (Å²) in [6.45, 7) is 3.59. The first-order valence-electron chi connectivity index (χ1n) is 8.89. The van der Waals surface area contributed by atoms with E-state index in [1.165, 1.54) is 0 Å². The second-order valence-electron chi connectivity index (χ2n) is 6.29. The van der Waals surface area contributed by atoms with Gasteiger partial charge >= 0.3 is 6.03 Å². The summed E-state index contributed by atoms with van der Waals surface area (Å²) in [5.41, 5.74) is 1.62. The van der Waals surface area contributed by atoms with E-state index in [9.17, 15) is 9.59 Å². The molecule has 6 heteroatoms. The third-order valence-corrected chi connectivity index (χ3v) is 4.40. The summed E-state index contributed by atoms with van der Waals surface area (Å²) in [5, 5.41) is 5.80. The highest BCUT2D eigenvalue weighted by Gasteiger charge is 2.21. The molecule has 1 fully saturated rings. The van der Waals surface area contributed by atoms with Crippen LogP contribution >= 0.6 is 0 Å². The van der Waals surface area contributed by atoms with Crippen molar-refractivity contribution < 1.29 is 9.59 Å². The van der Waals surface area contributed by atoms with E-state index >= 15 is 0 Å². The Kier molecular flexibility index (Phi) is 6.22. The molecule has 2 N–H and O–H groups in total. The quantitative estimate of drug-likeness (QED) is 0.870. The maximum absolute atomic E-state index is 12.3. The topological polar surface area (TPSA) is 64.7 Å². The number of amides is 3. The Labute approximate surface area is 153 Å². The SMILES string of the molecule is O=C(CCN1CCN(C(=O)Nc2ccccc2)CC1)Nc1ccccc1. The maximum Gasteiger partial charge on any atom is 0.321 e. The van der Waals surface area contributed by atoms with Crippen LogP contribution in [0.25, 0.3) is 0 Å².